The normalized spacial score (nSPS) is 18.0. The molecule has 1 aromatic carbocycles. The maximum atomic E-state index is 5.97. The Bertz CT molecular complexity index is 495. The Morgan fingerprint density at radius 3 is 2.81 bits per heavy atom. The van der Waals surface area contributed by atoms with Gasteiger partial charge in [0.1, 0.15) is 0 Å². The van der Waals surface area contributed by atoms with Crippen molar-refractivity contribution in [2.75, 3.05) is 18.8 Å². The van der Waals surface area contributed by atoms with E-state index in [1.54, 1.807) is 0 Å². The van der Waals surface area contributed by atoms with Crippen molar-refractivity contribution in [3.8, 4) is 0 Å². The zero-order chi connectivity index (χ0) is 11.0. The zero-order valence-corrected chi connectivity index (χ0v) is 9.32. The Kier molecular flexibility index (Phi) is 2.33. The van der Waals surface area contributed by atoms with E-state index >= 15 is 0 Å². The van der Waals surface area contributed by atoms with Crippen LogP contribution < -0.4 is 11.1 Å². The number of piperidine rings is 1. The Balaban J connectivity index is 2.06. The molecule has 0 amide bonds. The molecule has 0 bridgehead atoms. The summed E-state index contributed by atoms with van der Waals surface area (Å²) in [5.74, 6) is 0. The van der Waals surface area contributed by atoms with E-state index in [2.05, 4.69) is 28.2 Å². The summed E-state index contributed by atoms with van der Waals surface area (Å²) in [7, 11) is 0. The van der Waals surface area contributed by atoms with Gasteiger partial charge in [-0.05, 0) is 44.1 Å². The molecule has 0 atom stereocenters. The Labute approximate surface area is 95.2 Å². The summed E-state index contributed by atoms with van der Waals surface area (Å²) in [5, 5.41) is 4.58. The zero-order valence-electron chi connectivity index (χ0n) is 9.32. The van der Waals surface area contributed by atoms with Crippen LogP contribution in [0.25, 0.3) is 10.9 Å². The van der Waals surface area contributed by atoms with Gasteiger partial charge in [-0.15, -0.1) is 0 Å². The van der Waals surface area contributed by atoms with Gasteiger partial charge in [-0.25, -0.2) is 0 Å². The van der Waals surface area contributed by atoms with Gasteiger partial charge >= 0.3 is 0 Å². The molecular formula is C13H17N3. The van der Waals surface area contributed by atoms with E-state index in [-0.39, 0.29) is 0 Å². The number of nitrogen functional groups attached to an aromatic ring is 1. The monoisotopic (exact) mass is 215 g/mol. The van der Waals surface area contributed by atoms with E-state index in [4.69, 9.17) is 5.73 Å². The molecule has 0 saturated carbocycles. The second-order valence-corrected chi connectivity index (χ2v) is 4.48. The van der Waals surface area contributed by atoms with E-state index in [0.29, 0.717) is 6.04 Å². The third kappa shape index (κ3) is 1.48. The molecule has 2 heterocycles. The molecule has 3 heteroatoms. The highest BCUT2D eigenvalue weighted by Crippen LogP contribution is 2.28. The molecule has 3 N–H and O–H groups in total. The van der Waals surface area contributed by atoms with Crippen LogP contribution in [0.4, 0.5) is 5.69 Å². The second-order valence-electron chi connectivity index (χ2n) is 4.48. The van der Waals surface area contributed by atoms with Crippen LogP contribution in [0.3, 0.4) is 0 Å². The topological polar surface area (TPSA) is 43.0 Å². The fourth-order valence-corrected chi connectivity index (χ4v) is 2.62. The summed E-state index contributed by atoms with van der Waals surface area (Å²) >= 11 is 0. The molecule has 1 aliphatic heterocycles. The number of anilines is 1. The predicted molar refractivity (Wildman–Crippen MR) is 67.5 cm³/mol. The lowest BCUT2D eigenvalue weighted by Gasteiger charge is -2.25. The quantitative estimate of drug-likeness (QED) is 0.716. The molecule has 0 spiro atoms. The molecule has 1 aliphatic rings. The molecule has 16 heavy (non-hydrogen) atoms. The van der Waals surface area contributed by atoms with Crippen LogP contribution in [0.15, 0.2) is 30.5 Å². The molecule has 0 radical (unpaired) electrons. The first-order valence-corrected chi connectivity index (χ1v) is 5.92. The largest absolute Gasteiger partial charge is 0.398 e. The van der Waals surface area contributed by atoms with Gasteiger partial charge in [0.05, 0.1) is 5.52 Å². The maximum absolute atomic E-state index is 5.97. The average molecular weight is 215 g/mol. The second kappa shape index (κ2) is 3.83. The van der Waals surface area contributed by atoms with Crippen LogP contribution in [0.1, 0.15) is 18.9 Å². The minimum atomic E-state index is 0.626. The number of rotatable bonds is 1. The predicted octanol–water partition coefficient (Wildman–Crippen LogP) is 2.15. The lowest BCUT2D eigenvalue weighted by atomic mass is 10.1. The van der Waals surface area contributed by atoms with E-state index in [9.17, 15) is 0 Å². The molecule has 1 saturated heterocycles. The summed E-state index contributed by atoms with van der Waals surface area (Å²) in [4.78, 5) is 0. The van der Waals surface area contributed by atoms with Crippen molar-refractivity contribution in [2.45, 2.75) is 18.9 Å². The van der Waals surface area contributed by atoms with Crippen molar-refractivity contribution in [1.29, 1.82) is 0 Å². The molecular weight excluding hydrogens is 198 g/mol. The minimum absolute atomic E-state index is 0.626. The molecule has 3 nitrogen and oxygen atoms in total. The lowest BCUT2D eigenvalue weighted by molar-refractivity contribution is 0.376. The molecule has 84 valence electrons. The van der Waals surface area contributed by atoms with Gasteiger partial charge < -0.3 is 15.6 Å². The third-order valence-electron chi connectivity index (χ3n) is 3.50. The lowest BCUT2D eigenvalue weighted by Crippen LogP contribution is -2.29. The highest BCUT2D eigenvalue weighted by Gasteiger charge is 2.16. The standard InChI is InChI=1S/C13H17N3/c14-12-2-1-3-13-11(12)6-9-16(13)10-4-7-15-8-5-10/h1-3,6,9-10,15H,4-5,7-8,14H2. The highest BCUT2D eigenvalue weighted by molar-refractivity contribution is 5.91. The van der Waals surface area contributed by atoms with Crippen LogP contribution in [-0.2, 0) is 0 Å². The van der Waals surface area contributed by atoms with Crippen molar-refractivity contribution in [3.05, 3.63) is 30.5 Å². The van der Waals surface area contributed by atoms with Crippen molar-refractivity contribution >= 4 is 16.6 Å². The molecule has 0 unspecified atom stereocenters. The fraction of sp³-hybridized carbons (Fsp3) is 0.385. The Morgan fingerprint density at radius 1 is 1.19 bits per heavy atom. The van der Waals surface area contributed by atoms with Gasteiger partial charge in [-0.1, -0.05) is 6.07 Å². The van der Waals surface area contributed by atoms with Crippen LogP contribution in [0.5, 0.6) is 0 Å². The first-order chi connectivity index (χ1) is 7.86. The number of nitrogens with zero attached hydrogens (tertiary/aromatic N) is 1. The van der Waals surface area contributed by atoms with E-state index in [0.717, 1.165) is 18.8 Å². The molecule has 1 aromatic heterocycles. The van der Waals surface area contributed by atoms with Crippen molar-refractivity contribution in [3.63, 3.8) is 0 Å². The number of nitrogens with two attached hydrogens (primary N) is 1. The summed E-state index contributed by atoms with van der Waals surface area (Å²) < 4.78 is 2.38. The molecule has 2 aromatic rings. The Morgan fingerprint density at radius 2 is 2.00 bits per heavy atom. The number of hydrogen-bond acceptors (Lipinski definition) is 2. The van der Waals surface area contributed by atoms with Gasteiger partial charge in [0, 0.05) is 23.3 Å². The van der Waals surface area contributed by atoms with Crippen LogP contribution in [0, 0.1) is 0 Å². The third-order valence-corrected chi connectivity index (χ3v) is 3.50. The molecule has 1 fully saturated rings. The first kappa shape index (κ1) is 9.73. The SMILES string of the molecule is Nc1cccc2c1ccn2C1CCNCC1. The molecule has 3 rings (SSSR count). The van der Waals surface area contributed by atoms with Gasteiger partial charge in [0.15, 0.2) is 0 Å². The van der Waals surface area contributed by atoms with Crippen LogP contribution in [0.2, 0.25) is 0 Å². The summed E-state index contributed by atoms with van der Waals surface area (Å²) in [6, 6.07) is 8.92. The summed E-state index contributed by atoms with van der Waals surface area (Å²) in [5.41, 5.74) is 8.12. The van der Waals surface area contributed by atoms with Gasteiger partial charge in [0.2, 0.25) is 0 Å². The van der Waals surface area contributed by atoms with Crippen molar-refractivity contribution in [2.24, 2.45) is 0 Å². The number of benzene rings is 1. The van der Waals surface area contributed by atoms with Crippen LogP contribution >= 0.6 is 0 Å². The smallest absolute Gasteiger partial charge is 0.0503 e. The number of fused-ring (bicyclic) bond motifs is 1. The summed E-state index contributed by atoms with van der Waals surface area (Å²) in [6.45, 7) is 2.24. The number of aromatic nitrogens is 1. The first-order valence-electron chi connectivity index (χ1n) is 5.92. The maximum Gasteiger partial charge on any atom is 0.0503 e. The highest BCUT2D eigenvalue weighted by atomic mass is 15.0. The van der Waals surface area contributed by atoms with E-state index in [1.807, 2.05) is 12.1 Å². The molecule has 0 aliphatic carbocycles. The number of nitrogens with one attached hydrogen (secondary N) is 1. The number of hydrogen-bond donors (Lipinski definition) is 2. The van der Waals surface area contributed by atoms with Gasteiger partial charge in [0.25, 0.3) is 0 Å². The summed E-state index contributed by atoms with van der Waals surface area (Å²) in [6.07, 6.45) is 4.59. The average Bonchev–Trinajstić information content (AvgIpc) is 2.75. The van der Waals surface area contributed by atoms with Gasteiger partial charge in [-0.2, -0.15) is 0 Å². The van der Waals surface area contributed by atoms with Crippen LogP contribution in [-0.4, -0.2) is 17.7 Å². The minimum Gasteiger partial charge on any atom is -0.398 e. The fourth-order valence-electron chi connectivity index (χ4n) is 2.62. The van der Waals surface area contributed by atoms with E-state index in [1.165, 1.54) is 23.7 Å². The Hall–Kier alpha value is -1.48. The van der Waals surface area contributed by atoms with Crippen molar-refractivity contribution in [1.82, 2.24) is 9.88 Å². The van der Waals surface area contributed by atoms with Crippen molar-refractivity contribution < 1.29 is 0 Å². The van der Waals surface area contributed by atoms with Gasteiger partial charge in [-0.3, -0.25) is 0 Å². The van der Waals surface area contributed by atoms with E-state index < -0.39 is 0 Å².